The molecule has 0 spiro atoms. The number of phenolic OH excluding ortho intramolecular Hbond substituents is 4. The van der Waals surface area contributed by atoms with Crippen molar-refractivity contribution in [2.45, 2.75) is 6.92 Å². The highest BCUT2D eigenvalue weighted by Crippen LogP contribution is 2.35. The van der Waals surface area contributed by atoms with Crippen LogP contribution in [0.5, 0.6) is 23.0 Å². The number of carbonyl (C=O) groups is 1. The fourth-order valence-electron chi connectivity index (χ4n) is 1.86. The lowest BCUT2D eigenvalue weighted by Gasteiger charge is -2.03. The van der Waals surface area contributed by atoms with E-state index < -0.39 is 23.0 Å². The molecule has 0 bridgehead atoms. The van der Waals surface area contributed by atoms with E-state index in [9.17, 15) is 25.2 Å². The number of phenols is 4. The van der Waals surface area contributed by atoms with Crippen LogP contribution in [0.15, 0.2) is 36.4 Å². The second-order valence-corrected chi connectivity index (χ2v) is 4.60. The summed E-state index contributed by atoms with van der Waals surface area (Å²) in [6.45, 7) is 1.79. The van der Waals surface area contributed by atoms with Crippen molar-refractivity contribution in [3.8, 4) is 23.0 Å². The van der Waals surface area contributed by atoms with E-state index in [4.69, 9.17) is 0 Å². The molecular weight excluding hydrogens is 272 g/mol. The molecule has 0 heterocycles. The number of aromatic hydroxyl groups is 4. The summed E-state index contributed by atoms with van der Waals surface area (Å²) in [5, 5.41) is 37.3. The van der Waals surface area contributed by atoms with Crippen molar-refractivity contribution in [1.29, 1.82) is 0 Å². The summed E-state index contributed by atoms with van der Waals surface area (Å²) in [5.41, 5.74) is 1.61. The van der Waals surface area contributed by atoms with Gasteiger partial charge in [-0.15, -0.1) is 0 Å². The highest BCUT2D eigenvalue weighted by Gasteiger charge is 2.11. The summed E-state index contributed by atoms with van der Waals surface area (Å²) >= 11 is 0. The van der Waals surface area contributed by atoms with Gasteiger partial charge in [-0.2, -0.15) is 0 Å². The van der Waals surface area contributed by atoms with Gasteiger partial charge in [0.2, 0.25) is 0 Å². The van der Waals surface area contributed by atoms with E-state index in [0.717, 1.165) is 23.3 Å². The van der Waals surface area contributed by atoms with Crippen molar-refractivity contribution >= 4 is 11.9 Å². The SMILES string of the molecule is Cc1cc(O)ccc1/C=C/C(=O)c1cc(O)c(O)c(O)c1. The zero-order chi connectivity index (χ0) is 15.6. The van der Waals surface area contributed by atoms with E-state index in [0.29, 0.717) is 0 Å². The Morgan fingerprint density at radius 3 is 2.19 bits per heavy atom. The molecule has 0 saturated heterocycles. The minimum absolute atomic E-state index is 0.0514. The van der Waals surface area contributed by atoms with Gasteiger partial charge in [0.15, 0.2) is 23.0 Å². The molecule has 5 heteroatoms. The Balaban J connectivity index is 2.27. The molecule has 4 N–H and O–H groups in total. The number of allylic oxidation sites excluding steroid dienone is 1. The molecule has 0 radical (unpaired) electrons. The standard InChI is InChI=1S/C16H14O5/c1-9-6-12(17)4-2-10(9)3-5-13(18)11-7-14(19)16(21)15(20)8-11/h2-8,17,19-21H,1H3/b5-3+. The minimum Gasteiger partial charge on any atom is -0.508 e. The first-order valence-electron chi connectivity index (χ1n) is 6.15. The van der Waals surface area contributed by atoms with Gasteiger partial charge in [-0.25, -0.2) is 0 Å². The Morgan fingerprint density at radius 2 is 1.62 bits per heavy atom. The molecule has 2 aromatic rings. The fourth-order valence-corrected chi connectivity index (χ4v) is 1.86. The lowest BCUT2D eigenvalue weighted by Crippen LogP contribution is -1.94. The average molecular weight is 286 g/mol. The summed E-state index contributed by atoms with van der Waals surface area (Å²) in [5.74, 6) is -2.08. The molecular formula is C16H14O5. The van der Waals surface area contributed by atoms with Crippen LogP contribution in [-0.2, 0) is 0 Å². The Hall–Kier alpha value is -2.95. The highest BCUT2D eigenvalue weighted by atomic mass is 16.3. The van der Waals surface area contributed by atoms with E-state index in [1.165, 1.54) is 12.1 Å². The first-order valence-corrected chi connectivity index (χ1v) is 6.15. The van der Waals surface area contributed by atoms with Crippen LogP contribution in [0.4, 0.5) is 0 Å². The molecule has 0 aliphatic carbocycles. The van der Waals surface area contributed by atoms with Crippen LogP contribution in [0.2, 0.25) is 0 Å². The number of ketones is 1. The Bertz CT molecular complexity index is 708. The van der Waals surface area contributed by atoms with Crippen LogP contribution in [-0.4, -0.2) is 26.2 Å². The van der Waals surface area contributed by atoms with E-state index in [-0.39, 0.29) is 11.3 Å². The molecule has 21 heavy (non-hydrogen) atoms. The molecule has 0 aliphatic rings. The monoisotopic (exact) mass is 286 g/mol. The maximum absolute atomic E-state index is 12.0. The van der Waals surface area contributed by atoms with Gasteiger partial charge in [0.25, 0.3) is 0 Å². The number of hydrogen-bond acceptors (Lipinski definition) is 5. The number of rotatable bonds is 3. The van der Waals surface area contributed by atoms with Crippen LogP contribution in [0.3, 0.4) is 0 Å². The summed E-state index contributed by atoms with van der Waals surface area (Å²) < 4.78 is 0. The number of benzene rings is 2. The highest BCUT2D eigenvalue weighted by molar-refractivity contribution is 6.07. The summed E-state index contributed by atoms with van der Waals surface area (Å²) in [6, 6.07) is 6.90. The molecule has 0 fully saturated rings. The quantitative estimate of drug-likeness (QED) is 0.395. The topological polar surface area (TPSA) is 98.0 Å². The van der Waals surface area contributed by atoms with Crippen LogP contribution < -0.4 is 0 Å². The van der Waals surface area contributed by atoms with Crippen LogP contribution in [0.25, 0.3) is 6.08 Å². The molecule has 108 valence electrons. The summed E-state index contributed by atoms with van der Waals surface area (Å²) in [7, 11) is 0. The van der Waals surface area contributed by atoms with Crippen molar-refractivity contribution in [3.05, 3.63) is 53.1 Å². The molecule has 0 aliphatic heterocycles. The van der Waals surface area contributed by atoms with E-state index in [2.05, 4.69) is 0 Å². The number of aryl methyl sites for hydroxylation is 1. The van der Waals surface area contributed by atoms with Crippen molar-refractivity contribution in [2.24, 2.45) is 0 Å². The van der Waals surface area contributed by atoms with E-state index in [1.54, 1.807) is 25.1 Å². The van der Waals surface area contributed by atoms with Gasteiger partial charge >= 0.3 is 0 Å². The molecule has 0 aromatic heterocycles. The molecule has 0 unspecified atom stereocenters. The first-order chi connectivity index (χ1) is 9.88. The van der Waals surface area contributed by atoms with Gasteiger partial charge < -0.3 is 20.4 Å². The zero-order valence-corrected chi connectivity index (χ0v) is 11.2. The fraction of sp³-hybridized carbons (Fsp3) is 0.0625. The predicted octanol–water partition coefficient (Wildman–Crippen LogP) is 2.71. The normalized spacial score (nSPS) is 10.9. The number of carbonyl (C=O) groups excluding carboxylic acids is 1. The third-order valence-corrected chi connectivity index (χ3v) is 3.02. The molecule has 0 atom stereocenters. The largest absolute Gasteiger partial charge is 0.508 e. The summed E-state index contributed by atoms with van der Waals surface area (Å²) in [6.07, 6.45) is 2.85. The van der Waals surface area contributed by atoms with Gasteiger partial charge in [0.05, 0.1) is 0 Å². The smallest absolute Gasteiger partial charge is 0.200 e. The molecule has 2 rings (SSSR count). The third kappa shape index (κ3) is 3.14. The minimum atomic E-state index is -0.662. The molecule has 0 saturated carbocycles. The maximum Gasteiger partial charge on any atom is 0.200 e. The Kier molecular flexibility index (Phi) is 3.84. The molecule has 5 nitrogen and oxygen atoms in total. The summed E-state index contributed by atoms with van der Waals surface area (Å²) in [4.78, 5) is 12.0. The van der Waals surface area contributed by atoms with Crippen LogP contribution in [0, 0.1) is 6.92 Å². The van der Waals surface area contributed by atoms with Gasteiger partial charge in [-0.3, -0.25) is 4.79 Å². The predicted molar refractivity (Wildman–Crippen MR) is 77.6 cm³/mol. The van der Waals surface area contributed by atoms with Crippen LogP contribution in [0.1, 0.15) is 21.5 Å². The number of hydrogen-bond donors (Lipinski definition) is 4. The average Bonchev–Trinajstić information content (AvgIpc) is 2.43. The lowest BCUT2D eigenvalue weighted by molar-refractivity contribution is 0.104. The van der Waals surface area contributed by atoms with Gasteiger partial charge in [0, 0.05) is 5.56 Å². The van der Waals surface area contributed by atoms with E-state index >= 15 is 0 Å². The first kappa shape index (κ1) is 14.5. The van der Waals surface area contributed by atoms with Gasteiger partial charge in [-0.1, -0.05) is 12.1 Å². The second kappa shape index (κ2) is 5.58. The lowest BCUT2D eigenvalue weighted by atomic mass is 10.0. The van der Waals surface area contributed by atoms with Crippen molar-refractivity contribution in [1.82, 2.24) is 0 Å². The Morgan fingerprint density at radius 1 is 1.00 bits per heavy atom. The molecule has 0 amide bonds. The van der Waals surface area contributed by atoms with Crippen molar-refractivity contribution in [2.75, 3.05) is 0 Å². The maximum atomic E-state index is 12.0. The zero-order valence-electron chi connectivity index (χ0n) is 11.2. The Labute approximate surface area is 121 Å². The molecule has 2 aromatic carbocycles. The van der Waals surface area contributed by atoms with Crippen molar-refractivity contribution < 1.29 is 25.2 Å². The van der Waals surface area contributed by atoms with Crippen molar-refractivity contribution in [3.63, 3.8) is 0 Å². The van der Waals surface area contributed by atoms with Crippen LogP contribution >= 0.6 is 0 Å². The third-order valence-electron chi connectivity index (χ3n) is 3.02. The van der Waals surface area contributed by atoms with E-state index in [1.807, 2.05) is 0 Å². The van der Waals surface area contributed by atoms with Gasteiger partial charge in [-0.05, 0) is 48.4 Å². The van der Waals surface area contributed by atoms with Gasteiger partial charge in [0.1, 0.15) is 5.75 Å². The second-order valence-electron chi connectivity index (χ2n) is 4.60.